The van der Waals surface area contributed by atoms with Gasteiger partial charge in [0.2, 0.25) is 0 Å². The van der Waals surface area contributed by atoms with Crippen LogP contribution in [0.15, 0.2) is 0 Å². The molecule has 0 aromatic heterocycles. The van der Waals surface area contributed by atoms with Crippen molar-refractivity contribution in [3.63, 3.8) is 0 Å². The molecule has 2 heteroatoms. The Kier molecular flexibility index (Phi) is 9.42. The van der Waals surface area contributed by atoms with Crippen LogP contribution in [-0.2, 0) is 0 Å². The molecule has 2 N–H and O–H groups in total. The third-order valence-electron chi connectivity index (χ3n) is 2.55. The van der Waals surface area contributed by atoms with E-state index in [0.717, 1.165) is 38.5 Å². The van der Waals surface area contributed by atoms with E-state index in [0.29, 0.717) is 0 Å². The Morgan fingerprint density at radius 1 is 0.857 bits per heavy atom. The van der Waals surface area contributed by atoms with Crippen molar-refractivity contribution >= 4 is 0 Å². The molecule has 0 fully saturated rings. The molecule has 0 saturated carbocycles. The van der Waals surface area contributed by atoms with Crippen molar-refractivity contribution in [2.24, 2.45) is 0 Å². The van der Waals surface area contributed by atoms with Crippen molar-refractivity contribution < 1.29 is 10.2 Å². The number of hydrogen-bond donors (Lipinski definition) is 2. The fraction of sp³-hybridized carbons (Fsp3) is 1.00. The Bertz CT molecular complexity index is 113. The smallest absolute Gasteiger partial charge is 0.0540 e. The molecule has 0 bridgehead atoms. The van der Waals surface area contributed by atoms with Crippen LogP contribution in [0.4, 0.5) is 0 Å². The van der Waals surface area contributed by atoms with Crippen LogP contribution in [0.5, 0.6) is 0 Å². The molecule has 0 aromatic rings. The molecule has 0 aromatic carbocycles. The van der Waals surface area contributed by atoms with Crippen molar-refractivity contribution in [1.29, 1.82) is 0 Å². The first-order valence-corrected chi connectivity index (χ1v) is 6.03. The summed E-state index contributed by atoms with van der Waals surface area (Å²) in [6.45, 7) is 3.99. The summed E-state index contributed by atoms with van der Waals surface area (Å²) >= 11 is 0. The second-order valence-corrected chi connectivity index (χ2v) is 4.28. The molecule has 0 aliphatic rings. The molecular formula is C12H26O2. The topological polar surface area (TPSA) is 40.5 Å². The first-order chi connectivity index (χ1) is 6.66. The van der Waals surface area contributed by atoms with Gasteiger partial charge < -0.3 is 10.2 Å². The summed E-state index contributed by atoms with van der Waals surface area (Å²) in [6.07, 6.45) is 8.07. The standard InChI is InChI=1S/C12H26O2/c1-3-4-5-9-12(14)10-7-6-8-11(2)13/h11-14H,3-10H2,1-2H3. The highest BCUT2D eigenvalue weighted by Crippen LogP contribution is 2.11. The van der Waals surface area contributed by atoms with E-state index in [4.69, 9.17) is 5.11 Å². The Morgan fingerprint density at radius 2 is 1.36 bits per heavy atom. The second-order valence-electron chi connectivity index (χ2n) is 4.28. The number of aliphatic hydroxyl groups is 2. The SMILES string of the molecule is CCCCCC(O)CCCCC(C)O. The summed E-state index contributed by atoms with van der Waals surface area (Å²) in [5.74, 6) is 0. The van der Waals surface area contributed by atoms with Crippen LogP contribution in [-0.4, -0.2) is 22.4 Å². The highest BCUT2D eigenvalue weighted by molar-refractivity contribution is 4.57. The number of aliphatic hydroxyl groups excluding tert-OH is 2. The predicted molar refractivity (Wildman–Crippen MR) is 60.3 cm³/mol. The van der Waals surface area contributed by atoms with E-state index in [9.17, 15) is 5.11 Å². The van der Waals surface area contributed by atoms with Crippen LogP contribution in [0.25, 0.3) is 0 Å². The molecule has 2 unspecified atom stereocenters. The lowest BCUT2D eigenvalue weighted by molar-refractivity contribution is 0.141. The van der Waals surface area contributed by atoms with Crippen molar-refractivity contribution in [3.05, 3.63) is 0 Å². The Balaban J connectivity index is 3.14. The van der Waals surface area contributed by atoms with E-state index in [1.54, 1.807) is 0 Å². The summed E-state index contributed by atoms with van der Waals surface area (Å²) in [4.78, 5) is 0. The van der Waals surface area contributed by atoms with Gasteiger partial charge in [0.25, 0.3) is 0 Å². The van der Waals surface area contributed by atoms with Gasteiger partial charge in [-0.2, -0.15) is 0 Å². The maximum atomic E-state index is 9.58. The average Bonchev–Trinajstić information content (AvgIpc) is 2.13. The minimum atomic E-state index is -0.188. The average molecular weight is 202 g/mol. The summed E-state index contributed by atoms with van der Waals surface area (Å²) < 4.78 is 0. The molecular weight excluding hydrogens is 176 g/mol. The van der Waals surface area contributed by atoms with Gasteiger partial charge in [0.15, 0.2) is 0 Å². The first kappa shape index (κ1) is 13.9. The van der Waals surface area contributed by atoms with Crippen molar-refractivity contribution in [1.82, 2.24) is 0 Å². The lowest BCUT2D eigenvalue weighted by Gasteiger charge is -2.10. The van der Waals surface area contributed by atoms with E-state index in [1.165, 1.54) is 12.8 Å². The fourth-order valence-electron chi connectivity index (χ4n) is 1.59. The van der Waals surface area contributed by atoms with Gasteiger partial charge in [0.05, 0.1) is 12.2 Å². The van der Waals surface area contributed by atoms with E-state index in [1.807, 2.05) is 6.92 Å². The van der Waals surface area contributed by atoms with Crippen molar-refractivity contribution in [3.8, 4) is 0 Å². The fourth-order valence-corrected chi connectivity index (χ4v) is 1.59. The van der Waals surface area contributed by atoms with Gasteiger partial charge in [-0.15, -0.1) is 0 Å². The molecule has 0 aliphatic carbocycles. The first-order valence-electron chi connectivity index (χ1n) is 6.03. The molecule has 0 aliphatic heterocycles. The lowest BCUT2D eigenvalue weighted by atomic mass is 10.0. The van der Waals surface area contributed by atoms with Crippen LogP contribution in [0.1, 0.15) is 65.2 Å². The number of hydrogen-bond acceptors (Lipinski definition) is 2. The molecule has 0 amide bonds. The van der Waals surface area contributed by atoms with Crippen LogP contribution in [0, 0.1) is 0 Å². The Labute approximate surface area is 88.3 Å². The molecule has 0 spiro atoms. The zero-order valence-corrected chi connectivity index (χ0v) is 9.71. The molecule has 0 heterocycles. The Hall–Kier alpha value is -0.0800. The van der Waals surface area contributed by atoms with E-state index in [-0.39, 0.29) is 12.2 Å². The highest BCUT2D eigenvalue weighted by atomic mass is 16.3. The van der Waals surface area contributed by atoms with Crippen molar-refractivity contribution in [2.45, 2.75) is 77.4 Å². The van der Waals surface area contributed by atoms with Gasteiger partial charge in [-0.25, -0.2) is 0 Å². The largest absolute Gasteiger partial charge is 0.393 e. The van der Waals surface area contributed by atoms with E-state index >= 15 is 0 Å². The number of rotatable bonds is 9. The lowest BCUT2D eigenvalue weighted by Crippen LogP contribution is -2.07. The molecule has 0 rings (SSSR count). The van der Waals surface area contributed by atoms with Gasteiger partial charge in [-0.1, -0.05) is 39.0 Å². The summed E-state index contributed by atoms with van der Waals surface area (Å²) in [7, 11) is 0. The van der Waals surface area contributed by atoms with Gasteiger partial charge in [-0.05, 0) is 26.2 Å². The van der Waals surface area contributed by atoms with Crippen molar-refractivity contribution in [2.75, 3.05) is 0 Å². The molecule has 2 atom stereocenters. The Morgan fingerprint density at radius 3 is 1.86 bits per heavy atom. The molecule has 0 radical (unpaired) electrons. The van der Waals surface area contributed by atoms with Crippen LogP contribution >= 0.6 is 0 Å². The summed E-state index contributed by atoms with van der Waals surface area (Å²) in [5, 5.41) is 18.6. The maximum Gasteiger partial charge on any atom is 0.0540 e. The van der Waals surface area contributed by atoms with Gasteiger partial charge in [-0.3, -0.25) is 0 Å². The minimum absolute atomic E-state index is 0.115. The molecule has 2 nitrogen and oxygen atoms in total. The third-order valence-corrected chi connectivity index (χ3v) is 2.55. The van der Waals surface area contributed by atoms with Crippen LogP contribution < -0.4 is 0 Å². The quantitative estimate of drug-likeness (QED) is 0.564. The maximum absolute atomic E-state index is 9.58. The normalized spacial score (nSPS) is 15.4. The van der Waals surface area contributed by atoms with Gasteiger partial charge in [0.1, 0.15) is 0 Å². The zero-order chi connectivity index (χ0) is 10.8. The highest BCUT2D eigenvalue weighted by Gasteiger charge is 2.03. The summed E-state index contributed by atoms with van der Waals surface area (Å²) in [6, 6.07) is 0. The summed E-state index contributed by atoms with van der Waals surface area (Å²) in [5.41, 5.74) is 0. The molecule has 14 heavy (non-hydrogen) atoms. The van der Waals surface area contributed by atoms with Crippen LogP contribution in [0.2, 0.25) is 0 Å². The monoisotopic (exact) mass is 202 g/mol. The van der Waals surface area contributed by atoms with E-state index in [2.05, 4.69) is 6.92 Å². The zero-order valence-electron chi connectivity index (χ0n) is 9.71. The van der Waals surface area contributed by atoms with Crippen LogP contribution in [0.3, 0.4) is 0 Å². The predicted octanol–water partition coefficient (Wildman–Crippen LogP) is 2.87. The molecule has 86 valence electrons. The third kappa shape index (κ3) is 10.0. The molecule has 0 saturated heterocycles. The van der Waals surface area contributed by atoms with Gasteiger partial charge >= 0.3 is 0 Å². The minimum Gasteiger partial charge on any atom is -0.393 e. The second kappa shape index (κ2) is 9.47. The van der Waals surface area contributed by atoms with Gasteiger partial charge in [0, 0.05) is 0 Å². The number of unbranched alkanes of at least 4 members (excludes halogenated alkanes) is 3. The van der Waals surface area contributed by atoms with E-state index < -0.39 is 0 Å².